The van der Waals surface area contributed by atoms with Crippen molar-refractivity contribution in [3.63, 3.8) is 0 Å². The highest BCUT2D eigenvalue weighted by Gasteiger charge is 2.77. The van der Waals surface area contributed by atoms with E-state index in [4.69, 9.17) is 46.4 Å². The van der Waals surface area contributed by atoms with Gasteiger partial charge >= 0.3 is 0 Å². The Morgan fingerprint density at radius 2 is 1.66 bits per heavy atom. The molecule has 2 aromatic rings. The molecule has 2 aromatic carbocycles. The number of rotatable bonds is 5. The summed E-state index contributed by atoms with van der Waals surface area (Å²) >= 11 is 25.2. The molecule has 32 heavy (non-hydrogen) atoms. The molecule has 2 aliphatic carbocycles. The minimum atomic E-state index is -2.73. The second-order valence-corrected chi connectivity index (χ2v) is 10.7. The van der Waals surface area contributed by atoms with Crippen LogP contribution in [-0.2, 0) is 10.2 Å². The van der Waals surface area contributed by atoms with Crippen molar-refractivity contribution in [3.8, 4) is 0 Å². The van der Waals surface area contributed by atoms with Crippen LogP contribution in [0.15, 0.2) is 42.5 Å². The van der Waals surface area contributed by atoms with Crippen LogP contribution in [0.2, 0.25) is 10.0 Å². The quantitative estimate of drug-likeness (QED) is 0.459. The first-order chi connectivity index (χ1) is 14.8. The molecule has 0 heterocycles. The highest BCUT2D eigenvalue weighted by atomic mass is 35.5. The van der Waals surface area contributed by atoms with Crippen LogP contribution in [-0.4, -0.2) is 28.1 Å². The second-order valence-electron chi connectivity index (χ2n) is 8.42. The molecule has 2 fully saturated rings. The molecule has 0 aromatic heterocycles. The van der Waals surface area contributed by atoms with E-state index in [0.717, 1.165) is 0 Å². The smallest absolute Gasteiger partial charge is 0.252 e. The van der Waals surface area contributed by atoms with Gasteiger partial charge < -0.3 is 10.6 Å². The van der Waals surface area contributed by atoms with Gasteiger partial charge in [-0.2, -0.15) is 0 Å². The van der Waals surface area contributed by atoms with Gasteiger partial charge in [0, 0.05) is 45.6 Å². The molecule has 4 nitrogen and oxygen atoms in total. The van der Waals surface area contributed by atoms with Crippen LogP contribution in [0.4, 0.5) is 14.5 Å². The molecular formula is C22H18Cl4F2N2O2. The Bertz CT molecular complexity index is 1080. The molecule has 10 heteroatoms. The molecule has 2 atom stereocenters. The lowest BCUT2D eigenvalue weighted by Crippen LogP contribution is -2.50. The van der Waals surface area contributed by atoms with Gasteiger partial charge in [0.25, 0.3) is 11.8 Å². The fourth-order valence-corrected chi connectivity index (χ4v) is 5.64. The third kappa shape index (κ3) is 4.18. The number of alkyl halides is 4. The highest BCUT2D eigenvalue weighted by molar-refractivity contribution is 6.54. The molecule has 0 bridgehead atoms. The molecular weight excluding hydrogens is 504 g/mol. The Morgan fingerprint density at radius 3 is 2.25 bits per heavy atom. The Hall–Kier alpha value is -1.60. The first-order valence-electron chi connectivity index (χ1n) is 9.77. The summed E-state index contributed by atoms with van der Waals surface area (Å²) in [6.45, 7) is 1.75. The fourth-order valence-electron chi connectivity index (χ4n) is 4.16. The zero-order valence-corrected chi connectivity index (χ0v) is 19.7. The number of amides is 2. The van der Waals surface area contributed by atoms with E-state index in [1.165, 1.54) is 12.1 Å². The van der Waals surface area contributed by atoms with E-state index >= 15 is 0 Å². The number of nitrogens with one attached hydrogen (secondary N) is 2. The molecule has 2 amide bonds. The van der Waals surface area contributed by atoms with E-state index in [1.54, 1.807) is 37.3 Å². The van der Waals surface area contributed by atoms with Gasteiger partial charge in [-0.05, 0) is 42.0 Å². The van der Waals surface area contributed by atoms with Gasteiger partial charge in [-0.1, -0.05) is 59.4 Å². The van der Waals surface area contributed by atoms with Crippen LogP contribution in [0.3, 0.4) is 0 Å². The monoisotopic (exact) mass is 520 g/mol. The molecule has 0 aliphatic heterocycles. The van der Waals surface area contributed by atoms with Gasteiger partial charge in [-0.15, -0.1) is 0 Å². The van der Waals surface area contributed by atoms with E-state index < -0.39 is 39.4 Å². The van der Waals surface area contributed by atoms with Crippen LogP contribution < -0.4 is 10.6 Å². The van der Waals surface area contributed by atoms with Crippen molar-refractivity contribution in [2.45, 2.75) is 41.5 Å². The molecule has 2 N–H and O–H groups in total. The predicted molar refractivity (Wildman–Crippen MR) is 122 cm³/mol. The molecule has 4 rings (SSSR count). The van der Waals surface area contributed by atoms with Crippen molar-refractivity contribution in [1.29, 1.82) is 0 Å². The number of hydrogen-bond acceptors (Lipinski definition) is 2. The van der Waals surface area contributed by atoms with Crippen molar-refractivity contribution >= 4 is 63.9 Å². The average Bonchev–Trinajstić information content (AvgIpc) is 3.13. The standard InChI is InChI=1S/C22H18Cl4F2N2O2/c1-20(12-6-13(23)8-14(24)7-12)17(22(20,25)26)19(32)29-15-4-2-3-11(5-15)18(31)30-16-9-21(27,28)10-16/h2-8,16-17H,9-10H2,1H3,(H,29,32)(H,30,31). The summed E-state index contributed by atoms with van der Waals surface area (Å²) in [4.78, 5) is 25.4. The minimum Gasteiger partial charge on any atom is -0.349 e. The summed E-state index contributed by atoms with van der Waals surface area (Å²) in [5.41, 5.74) is 0.287. The average molecular weight is 522 g/mol. The van der Waals surface area contributed by atoms with Crippen LogP contribution in [0.5, 0.6) is 0 Å². The SMILES string of the molecule is CC1(c2cc(Cl)cc(Cl)c2)C(C(=O)Nc2cccc(C(=O)NC3CC(F)(F)C3)c2)C1(Cl)Cl. The maximum atomic E-state index is 13.0. The number of benzene rings is 2. The number of halogens is 6. The zero-order valence-electron chi connectivity index (χ0n) is 16.7. The molecule has 0 radical (unpaired) electrons. The number of anilines is 1. The van der Waals surface area contributed by atoms with Crippen LogP contribution in [0, 0.1) is 5.92 Å². The molecule has 2 saturated carbocycles. The number of hydrogen-bond donors (Lipinski definition) is 2. The van der Waals surface area contributed by atoms with Gasteiger partial charge in [0.2, 0.25) is 5.91 Å². The summed E-state index contributed by atoms with van der Waals surface area (Å²) in [7, 11) is 0. The van der Waals surface area contributed by atoms with Gasteiger partial charge in [-0.25, -0.2) is 8.78 Å². The Morgan fingerprint density at radius 1 is 1.03 bits per heavy atom. The minimum absolute atomic E-state index is 0.237. The van der Waals surface area contributed by atoms with E-state index in [-0.39, 0.29) is 18.4 Å². The Kier molecular flexibility index (Phi) is 5.90. The van der Waals surface area contributed by atoms with Crippen molar-refractivity contribution in [1.82, 2.24) is 5.32 Å². The van der Waals surface area contributed by atoms with Crippen molar-refractivity contribution < 1.29 is 18.4 Å². The molecule has 0 saturated heterocycles. The summed E-state index contributed by atoms with van der Waals surface area (Å²) in [5, 5.41) is 6.08. The van der Waals surface area contributed by atoms with Crippen molar-refractivity contribution in [3.05, 3.63) is 63.6 Å². The second kappa shape index (κ2) is 8.01. The van der Waals surface area contributed by atoms with Crippen LogP contribution in [0.25, 0.3) is 0 Å². The van der Waals surface area contributed by atoms with Gasteiger partial charge in [0.05, 0.1) is 5.92 Å². The van der Waals surface area contributed by atoms with E-state index in [0.29, 0.717) is 21.3 Å². The Labute approximate surface area is 203 Å². The lowest BCUT2D eigenvalue weighted by molar-refractivity contribution is -0.117. The summed E-state index contributed by atoms with van der Waals surface area (Å²) in [6, 6.07) is 10.5. The molecule has 2 aliphatic rings. The normalized spacial score (nSPS) is 25.5. The van der Waals surface area contributed by atoms with E-state index in [2.05, 4.69) is 10.6 Å². The third-order valence-electron chi connectivity index (χ3n) is 6.09. The highest BCUT2D eigenvalue weighted by Crippen LogP contribution is 2.70. The summed E-state index contributed by atoms with van der Waals surface area (Å²) < 4.78 is 24.6. The first kappa shape index (κ1) is 23.6. The van der Waals surface area contributed by atoms with Crippen LogP contribution in [0.1, 0.15) is 35.7 Å². The molecule has 0 spiro atoms. The van der Waals surface area contributed by atoms with Gasteiger partial charge in [0.1, 0.15) is 4.33 Å². The topological polar surface area (TPSA) is 58.2 Å². The Balaban J connectivity index is 1.47. The maximum Gasteiger partial charge on any atom is 0.252 e. The number of carbonyl (C=O) groups is 2. The maximum absolute atomic E-state index is 13.0. The van der Waals surface area contributed by atoms with Crippen LogP contribution >= 0.6 is 46.4 Å². The van der Waals surface area contributed by atoms with E-state index in [9.17, 15) is 18.4 Å². The van der Waals surface area contributed by atoms with Crippen molar-refractivity contribution in [2.24, 2.45) is 5.92 Å². The molecule has 2 unspecified atom stereocenters. The molecule has 170 valence electrons. The summed E-state index contributed by atoms with van der Waals surface area (Å²) in [6.07, 6.45) is -0.757. The van der Waals surface area contributed by atoms with Gasteiger partial charge in [-0.3, -0.25) is 9.59 Å². The van der Waals surface area contributed by atoms with E-state index in [1.807, 2.05) is 0 Å². The summed E-state index contributed by atoms with van der Waals surface area (Å²) in [5.74, 6) is -4.46. The fraction of sp³-hybridized carbons (Fsp3) is 0.364. The number of carbonyl (C=O) groups excluding carboxylic acids is 2. The lowest BCUT2D eigenvalue weighted by atomic mass is 9.88. The zero-order chi connectivity index (χ0) is 23.5. The third-order valence-corrected chi connectivity index (χ3v) is 7.75. The van der Waals surface area contributed by atoms with Crippen molar-refractivity contribution in [2.75, 3.05) is 5.32 Å². The predicted octanol–water partition coefficient (Wildman–Crippen LogP) is 6.22. The lowest BCUT2D eigenvalue weighted by Gasteiger charge is -2.35. The largest absolute Gasteiger partial charge is 0.349 e. The first-order valence-corrected chi connectivity index (χ1v) is 11.3. The van der Waals surface area contributed by atoms with Gasteiger partial charge in [0.15, 0.2) is 0 Å².